The Morgan fingerprint density at radius 2 is 1.62 bits per heavy atom. The molecule has 24 heavy (non-hydrogen) atoms. The number of nitro groups is 2. The van der Waals surface area contributed by atoms with E-state index in [0.29, 0.717) is 5.56 Å². The van der Waals surface area contributed by atoms with Gasteiger partial charge in [-0.3, -0.25) is 25.0 Å². The Kier molecular flexibility index (Phi) is 3.22. The number of hydrogen-bond acceptors (Lipinski definition) is 7. The molecule has 0 spiro atoms. The molecule has 0 radical (unpaired) electrons. The third kappa shape index (κ3) is 2.05. The third-order valence-corrected chi connectivity index (χ3v) is 3.69. The number of non-ortho nitro benzene ring substituents is 2. The van der Waals surface area contributed by atoms with Crippen molar-refractivity contribution in [2.75, 3.05) is 0 Å². The van der Waals surface area contributed by atoms with Gasteiger partial charge in [-0.15, -0.1) is 0 Å². The second kappa shape index (κ2) is 5.12. The maximum atomic E-state index is 11.7. The van der Waals surface area contributed by atoms with Crippen molar-refractivity contribution in [1.82, 2.24) is 0 Å². The van der Waals surface area contributed by atoms with E-state index in [1.807, 2.05) is 0 Å². The van der Waals surface area contributed by atoms with E-state index >= 15 is 0 Å². The van der Waals surface area contributed by atoms with Gasteiger partial charge in [-0.25, -0.2) is 0 Å². The summed E-state index contributed by atoms with van der Waals surface area (Å²) in [6.45, 7) is 0. The average molecular weight is 328 g/mol. The van der Waals surface area contributed by atoms with E-state index in [0.717, 1.165) is 12.1 Å². The van der Waals surface area contributed by atoms with Gasteiger partial charge in [0.25, 0.3) is 11.4 Å². The van der Waals surface area contributed by atoms with Crippen molar-refractivity contribution in [3.63, 3.8) is 0 Å². The Balaban J connectivity index is 2.39. The molecule has 10 nitrogen and oxygen atoms in total. The zero-order chi connectivity index (χ0) is 17.6. The molecule has 0 aromatic heterocycles. The summed E-state index contributed by atoms with van der Waals surface area (Å²) in [6.07, 6.45) is 0. The van der Waals surface area contributed by atoms with Crippen molar-refractivity contribution >= 4 is 23.0 Å². The fraction of sp³-hybridized carbons (Fsp3) is 0. The lowest BCUT2D eigenvalue weighted by molar-refractivity contribution is -0.385. The second-order valence-corrected chi connectivity index (χ2v) is 4.97. The molecule has 0 fully saturated rings. The van der Waals surface area contributed by atoms with E-state index in [1.54, 1.807) is 0 Å². The summed E-state index contributed by atoms with van der Waals surface area (Å²) in [5.41, 5.74) is 5.31. The molecule has 1 aliphatic rings. The number of rotatable bonds is 3. The molecule has 2 aromatic carbocycles. The van der Waals surface area contributed by atoms with Gasteiger partial charge in [-0.1, -0.05) is 5.16 Å². The first-order valence-electron chi connectivity index (χ1n) is 6.49. The number of nitrogens with zero attached hydrogens (tertiary/aromatic N) is 3. The Morgan fingerprint density at radius 1 is 1.00 bits per heavy atom. The number of fused-ring (bicyclic) bond motifs is 3. The number of hydrogen-bond donors (Lipinski definition) is 2. The number of primary amides is 1. The number of benzene rings is 2. The molecule has 0 saturated heterocycles. The van der Waals surface area contributed by atoms with Gasteiger partial charge in [0.15, 0.2) is 0 Å². The third-order valence-electron chi connectivity index (χ3n) is 3.69. The van der Waals surface area contributed by atoms with Gasteiger partial charge < -0.3 is 10.9 Å². The lowest BCUT2D eigenvalue weighted by Gasteiger charge is -2.06. The van der Waals surface area contributed by atoms with Gasteiger partial charge in [-0.05, 0) is 11.6 Å². The van der Waals surface area contributed by atoms with Gasteiger partial charge in [0, 0.05) is 41.0 Å². The van der Waals surface area contributed by atoms with Gasteiger partial charge in [0.05, 0.1) is 15.4 Å². The SMILES string of the molecule is NC(=O)c1cc([N+](=O)[O-])cc2c1-c1ccc([N+](=O)[O-])cc1C2=NO. The van der Waals surface area contributed by atoms with Crippen molar-refractivity contribution in [3.8, 4) is 11.1 Å². The number of carbonyl (C=O) groups excluding carboxylic acids is 1. The minimum atomic E-state index is -0.904. The van der Waals surface area contributed by atoms with Crippen LogP contribution >= 0.6 is 0 Å². The number of nitrogens with two attached hydrogens (primary N) is 1. The summed E-state index contributed by atoms with van der Waals surface area (Å²) in [7, 11) is 0. The first kappa shape index (κ1) is 15.1. The Labute approximate surface area is 133 Å². The molecular formula is C14H8N4O6. The average Bonchev–Trinajstić information content (AvgIpc) is 2.86. The van der Waals surface area contributed by atoms with Gasteiger partial charge in [0.1, 0.15) is 5.71 Å². The smallest absolute Gasteiger partial charge is 0.270 e. The standard InChI is InChI=1S/C14H8N4O6/c15-14(19)11-5-7(18(23)24)4-10-12(11)8-2-1-6(17(21)22)3-9(8)13(10)16-20/h1-5,20H,(H2,15,19). The van der Waals surface area contributed by atoms with E-state index in [1.165, 1.54) is 18.2 Å². The fourth-order valence-electron chi connectivity index (χ4n) is 2.72. The van der Waals surface area contributed by atoms with Crippen LogP contribution in [0.3, 0.4) is 0 Å². The lowest BCUT2D eigenvalue weighted by atomic mass is 9.98. The molecular weight excluding hydrogens is 320 g/mol. The monoisotopic (exact) mass is 328 g/mol. The first-order valence-corrected chi connectivity index (χ1v) is 6.49. The highest BCUT2D eigenvalue weighted by Gasteiger charge is 2.33. The summed E-state index contributed by atoms with van der Waals surface area (Å²) in [6, 6.07) is 5.91. The quantitative estimate of drug-likeness (QED) is 0.423. The topological polar surface area (TPSA) is 162 Å². The van der Waals surface area contributed by atoms with Crippen molar-refractivity contribution < 1.29 is 19.8 Å². The van der Waals surface area contributed by atoms with Gasteiger partial charge in [0.2, 0.25) is 5.91 Å². The van der Waals surface area contributed by atoms with Gasteiger partial charge >= 0.3 is 0 Å². The molecule has 10 heteroatoms. The van der Waals surface area contributed by atoms with Crippen LogP contribution < -0.4 is 5.73 Å². The number of oxime groups is 1. The summed E-state index contributed by atoms with van der Waals surface area (Å²) in [5, 5.41) is 34.3. The molecule has 1 amide bonds. The number of amides is 1. The van der Waals surface area contributed by atoms with Crippen LogP contribution in [-0.4, -0.2) is 26.7 Å². The molecule has 3 rings (SSSR count). The van der Waals surface area contributed by atoms with Crippen LogP contribution in [-0.2, 0) is 0 Å². The predicted molar refractivity (Wildman–Crippen MR) is 81.1 cm³/mol. The number of nitro benzene ring substituents is 2. The molecule has 0 bridgehead atoms. The molecule has 2 aromatic rings. The zero-order valence-corrected chi connectivity index (χ0v) is 11.8. The molecule has 120 valence electrons. The van der Waals surface area contributed by atoms with Gasteiger partial charge in [-0.2, -0.15) is 0 Å². The van der Waals surface area contributed by atoms with Crippen LogP contribution in [0.2, 0.25) is 0 Å². The lowest BCUT2D eigenvalue weighted by Crippen LogP contribution is -2.13. The van der Waals surface area contributed by atoms with Crippen molar-refractivity contribution in [3.05, 3.63) is 67.3 Å². The summed E-state index contributed by atoms with van der Waals surface area (Å²) in [5.74, 6) is -0.904. The van der Waals surface area contributed by atoms with Crippen LogP contribution in [0.25, 0.3) is 11.1 Å². The summed E-state index contributed by atoms with van der Waals surface area (Å²) >= 11 is 0. The fourth-order valence-corrected chi connectivity index (χ4v) is 2.72. The second-order valence-electron chi connectivity index (χ2n) is 4.97. The molecule has 1 aliphatic carbocycles. The summed E-state index contributed by atoms with van der Waals surface area (Å²) < 4.78 is 0. The van der Waals surface area contributed by atoms with E-state index in [4.69, 9.17) is 5.73 Å². The van der Waals surface area contributed by atoms with Crippen molar-refractivity contribution in [2.45, 2.75) is 0 Å². The van der Waals surface area contributed by atoms with Crippen molar-refractivity contribution in [2.24, 2.45) is 10.9 Å². The van der Waals surface area contributed by atoms with E-state index < -0.39 is 21.4 Å². The Bertz CT molecular complexity index is 966. The molecule has 0 saturated carbocycles. The highest BCUT2D eigenvalue weighted by Crippen LogP contribution is 2.42. The minimum Gasteiger partial charge on any atom is -0.410 e. The maximum Gasteiger partial charge on any atom is 0.270 e. The Hall–Kier alpha value is -3.82. The predicted octanol–water partition coefficient (Wildman–Crippen LogP) is 1.81. The van der Waals surface area contributed by atoms with Crippen molar-refractivity contribution in [1.29, 1.82) is 0 Å². The summed E-state index contributed by atoms with van der Waals surface area (Å²) in [4.78, 5) is 32.3. The van der Waals surface area contributed by atoms with E-state index in [2.05, 4.69) is 5.16 Å². The first-order chi connectivity index (χ1) is 11.3. The van der Waals surface area contributed by atoms with Crippen LogP contribution in [0.15, 0.2) is 35.5 Å². The highest BCUT2D eigenvalue weighted by atomic mass is 16.6. The molecule has 0 aliphatic heterocycles. The van der Waals surface area contributed by atoms with E-state index in [-0.39, 0.29) is 33.7 Å². The minimum absolute atomic E-state index is 0.102. The maximum absolute atomic E-state index is 11.7. The highest BCUT2D eigenvalue weighted by molar-refractivity contribution is 6.27. The van der Waals surface area contributed by atoms with Crippen LogP contribution in [0, 0.1) is 20.2 Å². The molecule has 0 unspecified atom stereocenters. The largest absolute Gasteiger partial charge is 0.410 e. The van der Waals surface area contributed by atoms with Crippen LogP contribution in [0.4, 0.5) is 11.4 Å². The van der Waals surface area contributed by atoms with E-state index in [9.17, 15) is 30.2 Å². The normalized spacial score (nSPS) is 13.4. The number of carbonyl (C=O) groups is 1. The molecule has 0 atom stereocenters. The van der Waals surface area contributed by atoms with Crippen LogP contribution in [0.5, 0.6) is 0 Å². The van der Waals surface area contributed by atoms with Crippen LogP contribution in [0.1, 0.15) is 21.5 Å². The zero-order valence-electron chi connectivity index (χ0n) is 11.8. The molecule has 3 N–H and O–H groups in total. The Morgan fingerprint density at radius 3 is 2.17 bits per heavy atom. The molecule has 0 heterocycles.